The molecule has 3 aliphatic heterocycles. The number of ether oxygens (including phenoxy) is 2. The first-order valence-electron chi connectivity index (χ1n) is 13.0. The monoisotopic (exact) mass is 509 g/mol. The molecule has 2 bridgehead atoms. The second-order valence-electron chi connectivity index (χ2n) is 10.5. The summed E-state index contributed by atoms with van der Waals surface area (Å²) in [5.41, 5.74) is 4.32. The maximum atomic E-state index is 9.65. The molecular formula is C29H31N7O2. The first kappa shape index (κ1) is 24.2. The minimum Gasteiger partial charge on any atom is -0.492 e. The van der Waals surface area contributed by atoms with Gasteiger partial charge < -0.3 is 14.4 Å². The number of pyridine rings is 3. The molecule has 4 aromatic heterocycles. The van der Waals surface area contributed by atoms with E-state index in [-0.39, 0.29) is 0 Å². The summed E-state index contributed by atoms with van der Waals surface area (Å²) in [6.07, 6.45) is 8.45. The van der Waals surface area contributed by atoms with E-state index < -0.39 is 0 Å². The van der Waals surface area contributed by atoms with Gasteiger partial charge in [-0.15, -0.1) is 0 Å². The zero-order valence-electron chi connectivity index (χ0n) is 21.9. The summed E-state index contributed by atoms with van der Waals surface area (Å²) in [7, 11) is 1.64. The topological polar surface area (TPSA) is 91.8 Å². The van der Waals surface area contributed by atoms with E-state index >= 15 is 0 Å². The van der Waals surface area contributed by atoms with E-state index in [1.807, 2.05) is 30.7 Å². The lowest BCUT2D eigenvalue weighted by Crippen LogP contribution is -2.68. The van der Waals surface area contributed by atoms with Gasteiger partial charge in [0, 0.05) is 61.3 Å². The van der Waals surface area contributed by atoms with Gasteiger partial charge in [0.1, 0.15) is 17.6 Å². The minimum atomic E-state index is 0.405. The first-order chi connectivity index (χ1) is 18.5. The van der Waals surface area contributed by atoms with Crippen molar-refractivity contribution in [2.24, 2.45) is 5.92 Å². The maximum absolute atomic E-state index is 9.65. The van der Waals surface area contributed by atoms with Crippen LogP contribution in [0.4, 0.5) is 5.82 Å². The van der Waals surface area contributed by atoms with Gasteiger partial charge in [0.05, 0.1) is 37.2 Å². The fourth-order valence-corrected chi connectivity index (χ4v) is 5.44. The molecule has 0 radical (unpaired) electrons. The molecule has 9 nitrogen and oxygen atoms in total. The van der Waals surface area contributed by atoms with E-state index in [0.29, 0.717) is 36.1 Å². The molecule has 3 fully saturated rings. The Morgan fingerprint density at radius 3 is 2.58 bits per heavy atom. The molecule has 4 aromatic rings. The molecule has 0 amide bonds. The molecule has 194 valence electrons. The predicted molar refractivity (Wildman–Crippen MR) is 144 cm³/mol. The summed E-state index contributed by atoms with van der Waals surface area (Å²) in [4.78, 5) is 14.1. The molecule has 0 aliphatic carbocycles. The van der Waals surface area contributed by atoms with Crippen molar-refractivity contribution >= 4 is 11.3 Å². The van der Waals surface area contributed by atoms with Crippen LogP contribution < -0.4 is 14.4 Å². The van der Waals surface area contributed by atoms with E-state index in [4.69, 9.17) is 14.5 Å². The quantitative estimate of drug-likeness (QED) is 0.350. The van der Waals surface area contributed by atoms with Crippen LogP contribution in [0.1, 0.15) is 31.4 Å². The number of methoxy groups -OCH3 is 1. The third kappa shape index (κ3) is 4.52. The van der Waals surface area contributed by atoms with Crippen molar-refractivity contribution in [3.05, 3.63) is 66.2 Å². The predicted octanol–water partition coefficient (Wildman–Crippen LogP) is 4.17. The molecule has 0 saturated carbocycles. The van der Waals surface area contributed by atoms with Crippen molar-refractivity contribution in [1.82, 2.24) is 24.5 Å². The number of fused-ring (bicyclic) bond motifs is 3. The molecule has 9 heteroatoms. The zero-order valence-corrected chi connectivity index (χ0v) is 21.9. The van der Waals surface area contributed by atoms with Crippen LogP contribution in [0.25, 0.3) is 16.6 Å². The highest BCUT2D eigenvalue weighted by atomic mass is 16.5. The number of nitriles is 1. The number of piperidine rings is 1. The van der Waals surface area contributed by atoms with Gasteiger partial charge in [0.2, 0.25) is 5.88 Å². The fourth-order valence-electron chi connectivity index (χ4n) is 5.44. The van der Waals surface area contributed by atoms with Crippen LogP contribution in [0.15, 0.2) is 55.1 Å². The van der Waals surface area contributed by atoms with E-state index in [2.05, 4.69) is 58.0 Å². The largest absolute Gasteiger partial charge is 0.492 e. The van der Waals surface area contributed by atoms with Gasteiger partial charge in [-0.25, -0.2) is 14.5 Å². The summed E-state index contributed by atoms with van der Waals surface area (Å²) >= 11 is 0. The Labute approximate surface area is 222 Å². The Balaban J connectivity index is 1.19. The van der Waals surface area contributed by atoms with E-state index in [9.17, 15) is 5.26 Å². The number of anilines is 1. The van der Waals surface area contributed by atoms with Crippen molar-refractivity contribution < 1.29 is 9.47 Å². The lowest BCUT2D eigenvalue weighted by Gasteiger charge is -2.56. The highest BCUT2D eigenvalue weighted by Gasteiger charge is 2.44. The average Bonchev–Trinajstić information content (AvgIpc) is 3.38. The SMILES string of the molecule is COc1ccc(CN2C3CC2CN(c2ccc(-c4cc(OCC(C)C)cn5ncc(C#N)c45)cn2)C3)cn1. The second-order valence-corrected chi connectivity index (χ2v) is 10.5. The van der Waals surface area contributed by atoms with Crippen LogP contribution in [0.5, 0.6) is 11.6 Å². The third-order valence-corrected chi connectivity index (χ3v) is 7.39. The molecule has 0 N–H and O–H groups in total. The summed E-state index contributed by atoms with van der Waals surface area (Å²) < 4.78 is 12.9. The Hall–Kier alpha value is -4.16. The Kier molecular flexibility index (Phi) is 6.34. The average molecular weight is 510 g/mol. The van der Waals surface area contributed by atoms with Crippen molar-refractivity contribution in [2.75, 3.05) is 31.7 Å². The van der Waals surface area contributed by atoms with Crippen molar-refractivity contribution in [2.45, 2.75) is 38.9 Å². The highest BCUT2D eigenvalue weighted by molar-refractivity contribution is 5.85. The van der Waals surface area contributed by atoms with Crippen LogP contribution in [0.3, 0.4) is 0 Å². The normalized spacial score (nSPS) is 18.9. The van der Waals surface area contributed by atoms with Gasteiger partial charge in [-0.05, 0) is 36.1 Å². The molecule has 2 atom stereocenters. The smallest absolute Gasteiger partial charge is 0.212 e. The van der Waals surface area contributed by atoms with Crippen LogP contribution in [0.2, 0.25) is 0 Å². The van der Waals surface area contributed by atoms with Crippen LogP contribution in [0, 0.1) is 17.2 Å². The van der Waals surface area contributed by atoms with E-state index in [1.165, 1.54) is 12.0 Å². The standard InChI is InChI=1S/C29H31N7O2/c1-19(2)18-38-25-9-26(29-22(10-30)13-33-36(29)17-25)21-5-6-27(31-12-21)34-15-23-8-24(16-34)35(23)14-20-4-7-28(37-3)32-11-20/h4-7,9,11-13,17,19,23-24H,8,14-16,18H2,1-3H3. The molecule has 7 rings (SSSR count). The zero-order chi connectivity index (χ0) is 26.2. The molecular weight excluding hydrogens is 478 g/mol. The molecule has 3 saturated heterocycles. The Morgan fingerprint density at radius 1 is 1.08 bits per heavy atom. The number of nitrogens with zero attached hydrogens (tertiary/aromatic N) is 7. The van der Waals surface area contributed by atoms with Crippen LogP contribution in [-0.4, -0.2) is 63.4 Å². The van der Waals surface area contributed by atoms with Gasteiger partial charge in [-0.1, -0.05) is 19.9 Å². The molecule has 38 heavy (non-hydrogen) atoms. The number of hydrogen-bond donors (Lipinski definition) is 0. The van der Waals surface area contributed by atoms with Gasteiger partial charge >= 0.3 is 0 Å². The number of piperazine rings is 1. The molecule has 3 aliphatic rings. The van der Waals surface area contributed by atoms with Gasteiger partial charge in [0.25, 0.3) is 0 Å². The van der Waals surface area contributed by atoms with Gasteiger partial charge in [-0.3, -0.25) is 4.90 Å². The number of aromatic nitrogens is 4. The van der Waals surface area contributed by atoms with Crippen molar-refractivity contribution in [3.63, 3.8) is 0 Å². The van der Waals surface area contributed by atoms with Crippen molar-refractivity contribution in [1.29, 1.82) is 5.26 Å². The van der Waals surface area contributed by atoms with Crippen molar-refractivity contribution in [3.8, 4) is 28.8 Å². The maximum Gasteiger partial charge on any atom is 0.212 e. The highest BCUT2D eigenvalue weighted by Crippen LogP contribution is 2.36. The summed E-state index contributed by atoms with van der Waals surface area (Å²) in [5, 5.41) is 14.0. The number of hydrogen-bond acceptors (Lipinski definition) is 8. The third-order valence-electron chi connectivity index (χ3n) is 7.39. The lowest BCUT2D eigenvalue weighted by molar-refractivity contribution is -0.00876. The van der Waals surface area contributed by atoms with E-state index in [1.54, 1.807) is 17.8 Å². The summed E-state index contributed by atoms with van der Waals surface area (Å²) in [5.74, 6) is 2.75. The first-order valence-corrected chi connectivity index (χ1v) is 13.0. The fraction of sp³-hybridized carbons (Fsp3) is 0.379. The van der Waals surface area contributed by atoms with E-state index in [0.717, 1.165) is 47.8 Å². The van der Waals surface area contributed by atoms with Crippen LogP contribution in [-0.2, 0) is 6.54 Å². The molecule has 0 spiro atoms. The van der Waals surface area contributed by atoms with Gasteiger partial charge in [-0.2, -0.15) is 10.4 Å². The lowest BCUT2D eigenvalue weighted by atomic mass is 9.87. The molecule has 2 unspecified atom stereocenters. The minimum absolute atomic E-state index is 0.405. The summed E-state index contributed by atoms with van der Waals surface area (Å²) in [6, 6.07) is 13.4. The molecule has 7 heterocycles. The second kappa shape index (κ2) is 9.95. The summed E-state index contributed by atoms with van der Waals surface area (Å²) in [6.45, 7) is 7.66. The van der Waals surface area contributed by atoms with Crippen LogP contribution >= 0.6 is 0 Å². The Bertz CT molecular complexity index is 1460. The Morgan fingerprint density at radius 2 is 1.92 bits per heavy atom. The number of rotatable bonds is 8. The van der Waals surface area contributed by atoms with Gasteiger partial charge in [0.15, 0.2) is 0 Å². The molecule has 0 aromatic carbocycles.